The van der Waals surface area contributed by atoms with Crippen LogP contribution in [0.5, 0.6) is 0 Å². The maximum atomic E-state index is 12.5. The minimum atomic E-state index is -1.02. The fourth-order valence-electron chi connectivity index (χ4n) is 4.33. The molecule has 0 saturated carbocycles. The third-order valence-corrected chi connectivity index (χ3v) is 5.86. The van der Waals surface area contributed by atoms with Crippen molar-refractivity contribution < 1.29 is 19.5 Å². The zero-order chi connectivity index (χ0) is 22.5. The molecule has 1 saturated heterocycles. The van der Waals surface area contributed by atoms with Crippen molar-refractivity contribution in [1.82, 2.24) is 0 Å². The lowest BCUT2D eigenvalue weighted by atomic mass is 9.80. The summed E-state index contributed by atoms with van der Waals surface area (Å²) in [6.07, 6.45) is 3.42. The molecule has 4 N–H and O–H groups in total. The minimum absolute atomic E-state index is 0.154. The molecule has 2 aromatic carbocycles. The Morgan fingerprint density at radius 3 is 2.23 bits per heavy atom. The Bertz CT molecular complexity index is 965. The van der Waals surface area contributed by atoms with E-state index in [0.29, 0.717) is 11.3 Å². The quantitative estimate of drug-likeness (QED) is 0.628. The number of nitrogens with one attached hydrogen (secondary N) is 1. The summed E-state index contributed by atoms with van der Waals surface area (Å²) in [4.78, 5) is 37.6. The molecule has 1 heterocycles. The molecule has 1 fully saturated rings. The van der Waals surface area contributed by atoms with Crippen LogP contribution in [-0.4, -0.2) is 36.0 Å². The Balaban J connectivity index is 2.03. The number of hydrogen-bond donors (Lipinski definition) is 3. The number of rotatable bonds is 7. The van der Waals surface area contributed by atoms with Gasteiger partial charge in [-0.05, 0) is 66.6 Å². The van der Waals surface area contributed by atoms with E-state index in [4.69, 9.17) is 10.8 Å². The molecule has 1 aliphatic rings. The van der Waals surface area contributed by atoms with E-state index in [0.717, 1.165) is 37.2 Å². The molecule has 164 valence electrons. The molecule has 2 atom stereocenters. The van der Waals surface area contributed by atoms with Crippen LogP contribution in [0.3, 0.4) is 0 Å². The molecule has 2 amide bonds. The third kappa shape index (κ3) is 5.23. The van der Waals surface area contributed by atoms with E-state index in [-0.39, 0.29) is 17.4 Å². The molecule has 0 aliphatic carbocycles. The molecular formula is C24H29N3O4. The van der Waals surface area contributed by atoms with E-state index >= 15 is 0 Å². The minimum Gasteiger partial charge on any atom is -0.478 e. The highest BCUT2D eigenvalue weighted by atomic mass is 16.4. The summed E-state index contributed by atoms with van der Waals surface area (Å²) < 4.78 is 0. The zero-order valence-electron chi connectivity index (χ0n) is 17.9. The second-order valence-corrected chi connectivity index (χ2v) is 8.10. The van der Waals surface area contributed by atoms with Crippen LogP contribution in [0, 0.1) is 0 Å². The fraction of sp³-hybridized carbons (Fsp3) is 0.375. The first-order valence-corrected chi connectivity index (χ1v) is 10.6. The number of carboxylic acids is 1. The van der Waals surface area contributed by atoms with Crippen molar-refractivity contribution in [2.45, 2.75) is 44.9 Å². The van der Waals surface area contributed by atoms with Crippen LogP contribution in [0.4, 0.5) is 11.4 Å². The molecule has 7 nitrogen and oxygen atoms in total. The van der Waals surface area contributed by atoms with Crippen LogP contribution >= 0.6 is 0 Å². The summed E-state index contributed by atoms with van der Waals surface area (Å²) in [5.74, 6) is -2.59. The van der Waals surface area contributed by atoms with Gasteiger partial charge in [-0.1, -0.05) is 19.1 Å². The summed E-state index contributed by atoms with van der Waals surface area (Å²) in [6, 6.07) is 12.1. The second-order valence-electron chi connectivity index (χ2n) is 8.10. The van der Waals surface area contributed by atoms with Crippen molar-refractivity contribution in [2.24, 2.45) is 5.73 Å². The number of carboxylic acid groups (broad SMARTS) is 1. The van der Waals surface area contributed by atoms with Crippen LogP contribution < -0.4 is 16.0 Å². The van der Waals surface area contributed by atoms with Gasteiger partial charge in [0.1, 0.15) is 0 Å². The summed E-state index contributed by atoms with van der Waals surface area (Å²) in [7, 11) is 0. The zero-order valence-corrected chi connectivity index (χ0v) is 17.9. The average molecular weight is 424 g/mol. The summed E-state index contributed by atoms with van der Waals surface area (Å²) in [5.41, 5.74) is 9.27. The molecule has 7 heteroatoms. The van der Waals surface area contributed by atoms with Gasteiger partial charge in [0.2, 0.25) is 11.8 Å². The Kier molecular flexibility index (Phi) is 6.95. The number of amides is 2. The SMILES string of the molecule is CC(=O)Nc1ccc(N2CCCCC2)c(C(C)C(C(N)=O)c2ccc(C(=O)O)cc2)c1. The first-order valence-electron chi connectivity index (χ1n) is 10.6. The molecule has 3 rings (SSSR count). The molecule has 0 spiro atoms. The van der Waals surface area contributed by atoms with E-state index in [1.165, 1.54) is 25.5 Å². The number of aromatic carboxylic acids is 1. The van der Waals surface area contributed by atoms with E-state index in [1.54, 1.807) is 12.1 Å². The van der Waals surface area contributed by atoms with Gasteiger partial charge in [0.15, 0.2) is 0 Å². The number of hydrogen-bond acceptors (Lipinski definition) is 4. The largest absolute Gasteiger partial charge is 0.478 e. The van der Waals surface area contributed by atoms with Gasteiger partial charge in [-0.3, -0.25) is 9.59 Å². The van der Waals surface area contributed by atoms with Gasteiger partial charge in [-0.15, -0.1) is 0 Å². The molecule has 31 heavy (non-hydrogen) atoms. The first kappa shape index (κ1) is 22.3. The predicted octanol–water partition coefficient (Wildman–Crippen LogP) is 3.71. The number of piperidine rings is 1. The molecule has 0 aromatic heterocycles. The third-order valence-electron chi connectivity index (χ3n) is 5.86. The lowest BCUT2D eigenvalue weighted by Gasteiger charge is -2.33. The summed E-state index contributed by atoms with van der Waals surface area (Å²) >= 11 is 0. The first-order chi connectivity index (χ1) is 14.8. The van der Waals surface area contributed by atoms with Crippen molar-refractivity contribution in [1.29, 1.82) is 0 Å². The van der Waals surface area contributed by atoms with Crippen LogP contribution in [0.2, 0.25) is 0 Å². The standard InChI is InChI=1S/C24H29N3O4/c1-15(22(23(25)29)17-6-8-18(9-7-17)24(30)31)20-14-19(26-16(2)28)10-11-21(20)27-12-4-3-5-13-27/h6-11,14-15,22H,3-5,12-13H2,1-2H3,(H2,25,29)(H,26,28)(H,30,31). The summed E-state index contributed by atoms with van der Waals surface area (Å²) in [5, 5.41) is 12.0. The van der Waals surface area contributed by atoms with Gasteiger partial charge in [-0.25, -0.2) is 4.79 Å². The van der Waals surface area contributed by atoms with Gasteiger partial charge in [0.25, 0.3) is 0 Å². The predicted molar refractivity (Wildman–Crippen MR) is 121 cm³/mol. The Hall–Kier alpha value is -3.35. The smallest absolute Gasteiger partial charge is 0.335 e. The maximum Gasteiger partial charge on any atom is 0.335 e. The number of carbonyl (C=O) groups excluding carboxylic acids is 2. The van der Waals surface area contributed by atoms with Crippen LogP contribution in [0.25, 0.3) is 0 Å². The molecule has 0 radical (unpaired) electrons. The highest BCUT2D eigenvalue weighted by molar-refractivity contribution is 5.90. The number of nitrogens with zero attached hydrogens (tertiary/aromatic N) is 1. The highest BCUT2D eigenvalue weighted by Crippen LogP contribution is 2.40. The van der Waals surface area contributed by atoms with E-state index in [1.807, 2.05) is 25.1 Å². The average Bonchev–Trinajstić information content (AvgIpc) is 2.74. The van der Waals surface area contributed by atoms with Gasteiger partial charge in [0.05, 0.1) is 11.5 Å². The molecular weight excluding hydrogens is 394 g/mol. The van der Waals surface area contributed by atoms with Crippen molar-refractivity contribution in [3.05, 3.63) is 59.2 Å². The van der Waals surface area contributed by atoms with Crippen LogP contribution in [0.1, 0.15) is 66.4 Å². The molecule has 1 aliphatic heterocycles. The van der Waals surface area contributed by atoms with Gasteiger partial charge in [-0.2, -0.15) is 0 Å². The van der Waals surface area contributed by atoms with Crippen molar-refractivity contribution in [2.75, 3.05) is 23.3 Å². The van der Waals surface area contributed by atoms with E-state index in [9.17, 15) is 14.4 Å². The number of anilines is 2. The Morgan fingerprint density at radius 2 is 1.68 bits per heavy atom. The number of primary amides is 1. The Labute approximate surface area is 182 Å². The molecule has 0 bridgehead atoms. The Morgan fingerprint density at radius 1 is 1.03 bits per heavy atom. The number of nitrogens with two attached hydrogens (primary N) is 1. The second kappa shape index (κ2) is 9.64. The number of benzene rings is 2. The highest BCUT2D eigenvalue weighted by Gasteiger charge is 2.29. The molecule has 2 unspecified atom stereocenters. The monoisotopic (exact) mass is 423 g/mol. The lowest BCUT2D eigenvalue weighted by Crippen LogP contribution is -2.32. The maximum absolute atomic E-state index is 12.5. The summed E-state index contributed by atoms with van der Waals surface area (Å²) in [6.45, 7) is 5.28. The van der Waals surface area contributed by atoms with Crippen LogP contribution in [0.15, 0.2) is 42.5 Å². The number of carbonyl (C=O) groups is 3. The van der Waals surface area contributed by atoms with Crippen LogP contribution in [-0.2, 0) is 9.59 Å². The van der Waals surface area contributed by atoms with Gasteiger partial charge < -0.3 is 21.1 Å². The van der Waals surface area contributed by atoms with Crippen molar-refractivity contribution in [3.8, 4) is 0 Å². The molecule has 2 aromatic rings. The van der Waals surface area contributed by atoms with Crippen molar-refractivity contribution in [3.63, 3.8) is 0 Å². The van der Waals surface area contributed by atoms with Gasteiger partial charge >= 0.3 is 5.97 Å². The van der Waals surface area contributed by atoms with E-state index in [2.05, 4.69) is 10.2 Å². The van der Waals surface area contributed by atoms with Crippen molar-refractivity contribution >= 4 is 29.2 Å². The lowest BCUT2D eigenvalue weighted by molar-refractivity contribution is -0.120. The van der Waals surface area contributed by atoms with Gasteiger partial charge in [0, 0.05) is 31.4 Å². The fourth-order valence-corrected chi connectivity index (χ4v) is 4.33. The normalized spacial score (nSPS) is 15.7. The van der Waals surface area contributed by atoms with E-state index < -0.39 is 17.8 Å². The topological polar surface area (TPSA) is 113 Å².